The highest BCUT2D eigenvalue weighted by Gasteiger charge is 2.50. The first-order valence-corrected chi connectivity index (χ1v) is 15.6. The Morgan fingerprint density at radius 2 is 1.63 bits per heavy atom. The number of rotatable bonds is 8. The number of esters is 2. The molecule has 1 heterocycles. The van der Waals surface area contributed by atoms with Crippen LogP contribution in [-0.4, -0.2) is 39.5 Å². The summed E-state index contributed by atoms with van der Waals surface area (Å²) in [5.74, 6) is -1.67. The SMILES string of the molecule is COC(=O)c1ccccc1OC(=O)c1ccc2c(c1)[C@H]1[C@@H](Cl)[C@@H](Sc3ccccc3[N+](=O)[O-])C[C@H]1[C@H](c1ccc([N+](=O)[O-])cc1)N2. The summed E-state index contributed by atoms with van der Waals surface area (Å²) in [6.45, 7) is 0. The number of para-hydroxylation sites is 2. The van der Waals surface area contributed by atoms with Gasteiger partial charge in [-0.3, -0.25) is 20.2 Å². The number of hydrogen-bond acceptors (Lipinski definition) is 10. The predicted molar refractivity (Wildman–Crippen MR) is 172 cm³/mol. The molecule has 234 valence electrons. The molecule has 4 aromatic rings. The van der Waals surface area contributed by atoms with Gasteiger partial charge in [-0.15, -0.1) is 23.4 Å². The van der Waals surface area contributed by atoms with E-state index in [0.717, 1.165) is 16.8 Å². The molecule has 0 aromatic heterocycles. The van der Waals surface area contributed by atoms with Gasteiger partial charge in [-0.05, 0) is 59.9 Å². The number of thioether (sulfide) groups is 1. The minimum Gasteiger partial charge on any atom is -0.465 e. The number of carbonyl (C=O) groups excluding carboxylic acids is 2. The highest BCUT2D eigenvalue weighted by molar-refractivity contribution is 8.00. The van der Waals surface area contributed by atoms with Crippen LogP contribution in [0.25, 0.3) is 0 Å². The number of methoxy groups -OCH3 is 1. The molecule has 1 aliphatic heterocycles. The summed E-state index contributed by atoms with van der Waals surface area (Å²) in [6.07, 6.45) is 0.574. The summed E-state index contributed by atoms with van der Waals surface area (Å²) in [6, 6.07) is 24.0. The Labute approximate surface area is 272 Å². The molecule has 0 unspecified atom stereocenters. The molecule has 1 fully saturated rings. The molecule has 11 nitrogen and oxygen atoms in total. The Bertz CT molecular complexity index is 1850. The standard InChI is InChI=1S/C33H26ClN3O8S/c1-44-33(39)21-6-2-4-8-26(21)45-32(38)19-12-15-24-22(16-19)29-23(31(35-24)18-10-13-20(14-11-18)36(40)41)17-28(30(29)34)46-27-9-5-3-7-25(27)37(42)43/h2-16,23,28-31,35H,17H2,1H3/t23-,28+,29-,30+,31+/m1/s1. The number of nitro groups is 2. The van der Waals surface area contributed by atoms with Crippen LogP contribution >= 0.6 is 23.4 Å². The molecule has 13 heteroatoms. The molecular weight excluding hydrogens is 634 g/mol. The Morgan fingerprint density at radius 1 is 0.913 bits per heavy atom. The van der Waals surface area contributed by atoms with E-state index in [9.17, 15) is 29.8 Å². The lowest BCUT2D eigenvalue weighted by Gasteiger charge is -2.38. The average molecular weight is 660 g/mol. The molecule has 1 aliphatic carbocycles. The van der Waals surface area contributed by atoms with Crippen LogP contribution in [0.15, 0.2) is 95.9 Å². The number of benzene rings is 4. The monoisotopic (exact) mass is 659 g/mol. The van der Waals surface area contributed by atoms with E-state index in [-0.39, 0.29) is 51.4 Å². The number of nitrogens with zero attached hydrogens (tertiary/aromatic N) is 2. The fraction of sp³-hybridized carbons (Fsp3) is 0.212. The average Bonchev–Trinajstić information content (AvgIpc) is 3.39. The van der Waals surface area contributed by atoms with Gasteiger partial charge < -0.3 is 14.8 Å². The third-order valence-electron chi connectivity index (χ3n) is 8.35. The summed E-state index contributed by atoms with van der Waals surface area (Å²) in [7, 11) is 1.24. The van der Waals surface area contributed by atoms with Crippen LogP contribution in [0.1, 0.15) is 50.2 Å². The molecule has 2 aliphatic rings. The van der Waals surface area contributed by atoms with Gasteiger partial charge >= 0.3 is 11.9 Å². The second-order valence-corrected chi connectivity index (χ2v) is 12.7. The molecule has 4 aromatic carbocycles. The molecule has 46 heavy (non-hydrogen) atoms. The number of hydrogen-bond donors (Lipinski definition) is 1. The quantitative estimate of drug-likeness (QED) is 0.0660. The van der Waals surface area contributed by atoms with E-state index in [1.165, 1.54) is 49.2 Å². The van der Waals surface area contributed by atoms with Crippen LogP contribution in [0.3, 0.4) is 0 Å². The molecule has 5 atom stereocenters. The highest BCUT2D eigenvalue weighted by Crippen LogP contribution is 2.58. The fourth-order valence-corrected chi connectivity index (χ4v) is 8.18. The van der Waals surface area contributed by atoms with E-state index >= 15 is 0 Å². The van der Waals surface area contributed by atoms with Crippen molar-refractivity contribution in [2.24, 2.45) is 5.92 Å². The van der Waals surface area contributed by atoms with Crippen molar-refractivity contribution in [3.63, 3.8) is 0 Å². The van der Waals surface area contributed by atoms with Gasteiger partial charge in [0.25, 0.3) is 11.4 Å². The zero-order valence-corrected chi connectivity index (χ0v) is 25.8. The summed E-state index contributed by atoms with van der Waals surface area (Å²) in [5.41, 5.74) is 2.66. The smallest absolute Gasteiger partial charge is 0.343 e. The maximum absolute atomic E-state index is 13.4. The molecular formula is C33H26ClN3O8S. The van der Waals surface area contributed by atoms with Crippen molar-refractivity contribution in [3.05, 3.63) is 133 Å². The van der Waals surface area contributed by atoms with E-state index < -0.39 is 27.2 Å². The first-order valence-electron chi connectivity index (χ1n) is 14.2. The number of halogens is 1. The maximum atomic E-state index is 13.4. The van der Waals surface area contributed by atoms with Crippen LogP contribution in [-0.2, 0) is 4.74 Å². The minimum absolute atomic E-state index is 0.00560. The third-order valence-corrected chi connectivity index (χ3v) is 10.5. The van der Waals surface area contributed by atoms with Gasteiger partial charge in [-0.1, -0.05) is 36.4 Å². The van der Waals surface area contributed by atoms with Gasteiger partial charge in [0.1, 0.15) is 11.3 Å². The lowest BCUT2D eigenvalue weighted by Crippen LogP contribution is -2.31. The summed E-state index contributed by atoms with van der Waals surface area (Å²) < 4.78 is 10.4. The zero-order chi connectivity index (χ0) is 32.5. The van der Waals surface area contributed by atoms with Crippen molar-refractivity contribution in [1.29, 1.82) is 0 Å². The number of fused-ring (bicyclic) bond motifs is 3. The Hall–Kier alpha value is -4.94. The fourth-order valence-electron chi connectivity index (χ4n) is 6.24. The zero-order valence-electron chi connectivity index (χ0n) is 24.2. The second kappa shape index (κ2) is 12.8. The third kappa shape index (κ3) is 5.88. The molecule has 0 spiro atoms. The van der Waals surface area contributed by atoms with E-state index in [2.05, 4.69) is 5.32 Å². The number of nitrogens with one attached hydrogen (secondary N) is 1. The minimum atomic E-state index is -0.678. The summed E-state index contributed by atoms with van der Waals surface area (Å²) in [4.78, 5) is 48.3. The van der Waals surface area contributed by atoms with Gasteiger partial charge in [0.2, 0.25) is 0 Å². The van der Waals surface area contributed by atoms with Gasteiger partial charge in [0.15, 0.2) is 0 Å². The van der Waals surface area contributed by atoms with Gasteiger partial charge in [-0.25, -0.2) is 9.59 Å². The Kier molecular flexibility index (Phi) is 8.65. The number of ether oxygens (including phenoxy) is 2. The second-order valence-electron chi connectivity index (χ2n) is 10.9. The van der Waals surface area contributed by atoms with Crippen molar-refractivity contribution >= 4 is 52.4 Å². The van der Waals surface area contributed by atoms with Crippen LogP contribution < -0.4 is 10.1 Å². The van der Waals surface area contributed by atoms with Crippen LogP contribution in [0.2, 0.25) is 0 Å². The van der Waals surface area contributed by atoms with E-state index in [0.29, 0.717) is 11.3 Å². The molecule has 1 N–H and O–H groups in total. The van der Waals surface area contributed by atoms with Gasteiger partial charge in [-0.2, -0.15) is 0 Å². The number of anilines is 1. The van der Waals surface area contributed by atoms with Crippen molar-refractivity contribution in [3.8, 4) is 5.75 Å². The van der Waals surface area contributed by atoms with E-state index in [1.54, 1.807) is 60.7 Å². The Balaban J connectivity index is 1.36. The van der Waals surface area contributed by atoms with Crippen molar-refractivity contribution in [2.45, 2.75) is 33.9 Å². The molecule has 1 saturated carbocycles. The normalized spacial score (nSPS) is 21.3. The van der Waals surface area contributed by atoms with Crippen molar-refractivity contribution < 1.29 is 28.9 Å². The topological polar surface area (TPSA) is 151 Å². The van der Waals surface area contributed by atoms with Crippen LogP contribution in [0.4, 0.5) is 17.1 Å². The number of nitro benzene ring substituents is 2. The summed E-state index contributed by atoms with van der Waals surface area (Å²) in [5, 5.41) is 25.9. The molecule has 6 rings (SSSR count). The maximum Gasteiger partial charge on any atom is 0.343 e. The number of non-ortho nitro benzene ring substituents is 1. The lowest BCUT2D eigenvalue weighted by molar-refractivity contribution is -0.387. The Morgan fingerprint density at radius 3 is 2.35 bits per heavy atom. The summed E-state index contributed by atoms with van der Waals surface area (Å²) >= 11 is 8.59. The van der Waals surface area contributed by atoms with Crippen LogP contribution in [0, 0.1) is 26.1 Å². The first kappa shape index (κ1) is 31.1. The van der Waals surface area contributed by atoms with E-state index in [4.69, 9.17) is 21.1 Å². The van der Waals surface area contributed by atoms with Crippen molar-refractivity contribution in [1.82, 2.24) is 0 Å². The lowest BCUT2D eigenvalue weighted by atomic mass is 9.77. The molecule has 0 bridgehead atoms. The van der Waals surface area contributed by atoms with Crippen LogP contribution in [0.5, 0.6) is 5.75 Å². The first-order chi connectivity index (χ1) is 22.2. The van der Waals surface area contributed by atoms with Crippen molar-refractivity contribution in [2.75, 3.05) is 12.4 Å². The van der Waals surface area contributed by atoms with Gasteiger partial charge in [0, 0.05) is 35.1 Å². The number of carbonyl (C=O) groups is 2. The van der Waals surface area contributed by atoms with E-state index in [1.807, 2.05) is 0 Å². The molecule has 0 amide bonds. The number of alkyl halides is 1. The predicted octanol–water partition coefficient (Wildman–Crippen LogP) is 7.55. The highest BCUT2D eigenvalue weighted by atomic mass is 35.5. The molecule has 0 radical (unpaired) electrons. The molecule has 0 saturated heterocycles. The largest absolute Gasteiger partial charge is 0.465 e. The van der Waals surface area contributed by atoms with Gasteiger partial charge in [0.05, 0.1) is 38.8 Å².